The minimum absolute atomic E-state index is 0.0317. The van der Waals surface area contributed by atoms with Crippen LogP contribution in [-0.4, -0.2) is 118 Å². The lowest BCUT2D eigenvalue weighted by Gasteiger charge is -2.42. The third kappa shape index (κ3) is 7.40. The summed E-state index contributed by atoms with van der Waals surface area (Å²) in [6, 6.07) is 15.2. The SMILES string of the molecule is C[C@H](c1c[nH]c2ccccc12)C(NC(=O)N(C)C1CCCNC1)C(=O)N1CCC2(CC1)C[C@@H](C(=O)N(C)CCNS(C)(=O)=O)c1ccccc12. The van der Waals surface area contributed by atoms with Crippen molar-refractivity contribution in [2.24, 2.45) is 0 Å². The van der Waals surface area contributed by atoms with Gasteiger partial charge in [-0.1, -0.05) is 49.4 Å². The highest BCUT2D eigenvalue weighted by atomic mass is 32.2. The number of hydrogen-bond donors (Lipinski definition) is 4. The highest BCUT2D eigenvalue weighted by Crippen LogP contribution is 2.52. The number of sulfonamides is 1. The van der Waals surface area contributed by atoms with Crippen LogP contribution in [0.4, 0.5) is 4.79 Å². The highest BCUT2D eigenvalue weighted by Gasteiger charge is 2.49. The molecule has 3 aromatic rings. The number of aromatic amines is 1. The van der Waals surface area contributed by atoms with Crippen LogP contribution in [0.5, 0.6) is 0 Å². The average Bonchev–Trinajstić information content (AvgIpc) is 3.69. The van der Waals surface area contributed by atoms with Crippen molar-refractivity contribution in [3.8, 4) is 0 Å². The first-order chi connectivity index (χ1) is 23.9. The zero-order chi connectivity index (χ0) is 35.6. The topological polar surface area (TPSA) is 147 Å². The van der Waals surface area contributed by atoms with Gasteiger partial charge in [0.1, 0.15) is 6.04 Å². The number of carbonyl (C=O) groups is 3. The lowest BCUT2D eigenvalue weighted by Crippen LogP contribution is -2.58. The van der Waals surface area contributed by atoms with E-state index in [2.05, 4.69) is 26.4 Å². The van der Waals surface area contributed by atoms with Crippen molar-refractivity contribution < 1.29 is 22.8 Å². The van der Waals surface area contributed by atoms with E-state index in [0.717, 1.165) is 59.8 Å². The maximum absolute atomic E-state index is 14.5. The van der Waals surface area contributed by atoms with Crippen LogP contribution in [0, 0.1) is 0 Å². The quantitative estimate of drug-likeness (QED) is 0.255. The maximum atomic E-state index is 14.5. The summed E-state index contributed by atoms with van der Waals surface area (Å²) < 4.78 is 25.6. The number of piperidine rings is 2. The summed E-state index contributed by atoms with van der Waals surface area (Å²) in [7, 11) is 0.176. The summed E-state index contributed by atoms with van der Waals surface area (Å²) in [4.78, 5) is 50.6. The van der Waals surface area contributed by atoms with E-state index in [1.165, 1.54) is 0 Å². The average molecular weight is 706 g/mol. The number of para-hydroxylation sites is 1. The van der Waals surface area contributed by atoms with E-state index in [1.54, 1.807) is 16.8 Å². The molecule has 12 nitrogen and oxygen atoms in total. The fourth-order valence-corrected chi connectivity index (χ4v) is 8.79. The molecule has 2 aromatic carbocycles. The fourth-order valence-electron chi connectivity index (χ4n) is 8.33. The van der Waals surface area contributed by atoms with E-state index in [0.29, 0.717) is 32.4 Å². The summed E-state index contributed by atoms with van der Waals surface area (Å²) >= 11 is 0. The van der Waals surface area contributed by atoms with Crippen molar-refractivity contribution in [1.29, 1.82) is 0 Å². The normalized spacial score (nSPS) is 21.4. The molecule has 1 aromatic heterocycles. The smallest absolute Gasteiger partial charge is 0.318 e. The van der Waals surface area contributed by atoms with Crippen molar-refractivity contribution in [2.45, 2.75) is 68.4 Å². The zero-order valence-corrected chi connectivity index (χ0v) is 30.4. The summed E-state index contributed by atoms with van der Waals surface area (Å²) in [6.45, 7) is 5.13. The van der Waals surface area contributed by atoms with Crippen LogP contribution in [0.15, 0.2) is 54.7 Å². The predicted octanol–water partition coefficient (Wildman–Crippen LogP) is 3.09. The first-order valence-electron chi connectivity index (χ1n) is 17.8. The van der Waals surface area contributed by atoms with Gasteiger partial charge in [0.05, 0.1) is 12.2 Å². The Labute approximate surface area is 295 Å². The van der Waals surface area contributed by atoms with Gasteiger partial charge < -0.3 is 30.3 Å². The molecule has 3 heterocycles. The first-order valence-corrected chi connectivity index (χ1v) is 19.7. The number of likely N-dealkylation sites (N-methyl/N-ethyl adjacent to an activating group) is 2. The molecule has 3 aliphatic rings. The summed E-state index contributed by atoms with van der Waals surface area (Å²) in [5.41, 5.74) is 3.89. The van der Waals surface area contributed by atoms with Gasteiger partial charge in [0.15, 0.2) is 0 Å². The number of H-pyrrole nitrogens is 1. The van der Waals surface area contributed by atoms with E-state index in [1.807, 2.05) is 67.5 Å². The predicted molar refractivity (Wildman–Crippen MR) is 194 cm³/mol. The van der Waals surface area contributed by atoms with Gasteiger partial charge in [0, 0.05) is 81.3 Å². The molecule has 0 bridgehead atoms. The summed E-state index contributed by atoms with van der Waals surface area (Å²) in [5, 5.41) is 7.57. The van der Waals surface area contributed by atoms with Gasteiger partial charge >= 0.3 is 6.03 Å². The monoisotopic (exact) mass is 705 g/mol. The largest absolute Gasteiger partial charge is 0.361 e. The standard InChI is InChI=1S/C37H51N7O5S/c1-25(30-24-39-32-14-8-6-12-28(30)32)33(41-36(47)43(3)26-10-9-17-38-23-26)35(46)44-19-15-37(16-20-44)22-29(27-11-5-7-13-31(27)37)34(45)42(2)21-18-40-50(4,48)49/h5-8,11-14,24-26,29,33,38-40H,9-10,15-23H2,1-4H3,(H,41,47)/t25-,26?,29-,33?/m1/s1. The minimum Gasteiger partial charge on any atom is -0.361 e. The third-order valence-corrected chi connectivity index (χ3v) is 12.0. The lowest BCUT2D eigenvalue weighted by molar-refractivity contribution is -0.136. The molecule has 4 atom stereocenters. The first kappa shape index (κ1) is 35.9. The molecule has 2 unspecified atom stereocenters. The maximum Gasteiger partial charge on any atom is 0.318 e. The number of likely N-dealkylation sites (tertiary alicyclic amines) is 1. The van der Waals surface area contributed by atoms with E-state index < -0.39 is 16.1 Å². The molecular formula is C37H51N7O5S. The number of aromatic nitrogens is 1. The fraction of sp³-hybridized carbons (Fsp3) is 0.541. The summed E-state index contributed by atoms with van der Waals surface area (Å²) in [5.74, 6) is -0.761. The Morgan fingerprint density at radius 2 is 1.78 bits per heavy atom. The molecule has 0 radical (unpaired) electrons. The van der Waals surface area contributed by atoms with E-state index in [-0.39, 0.29) is 54.2 Å². The molecule has 270 valence electrons. The van der Waals surface area contributed by atoms with Gasteiger partial charge in [0.2, 0.25) is 21.8 Å². The van der Waals surface area contributed by atoms with Crippen LogP contribution in [0.1, 0.15) is 67.6 Å². The zero-order valence-electron chi connectivity index (χ0n) is 29.6. The molecule has 13 heteroatoms. The second kappa shape index (κ2) is 14.7. The van der Waals surface area contributed by atoms with Crippen LogP contribution in [0.2, 0.25) is 0 Å². The third-order valence-electron chi connectivity index (χ3n) is 11.3. The number of benzene rings is 2. The van der Waals surface area contributed by atoms with Gasteiger partial charge in [-0.15, -0.1) is 0 Å². The Kier molecular flexibility index (Phi) is 10.6. The second-order valence-electron chi connectivity index (χ2n) is 14.5. The molecule has 0 saturated carbocycles. The molecule has 2 aliphatic heterocycles. The number of urea groups is 1. The Morgan fingerprint density at radius 1 is 1.06 bits per heavy atom. The molecule has 1 spiro atoms. The van der Waals surface area contributed by atoms with Gasteiger partial charge in [-0.3, -0.25) is 9.59 Å². The Balaban J connectivity index is 1.19. The second-order valence-corrected chi connectivity index (χ2v) is 16.3. The summed E-state index contributed by atoms with van der Waals surface area (Å²) in [6.07, 6.45) is 7.02. The van der Waals surface area contributed by atoms with Crippen LogP contribution < -0.4 is 15.4 Å². The molecular weight excluding hydrogens is 655 g/mol. The Bertz CT molecular complexity index is 1810. The van der Waals surface area contributed by atoms with E-state index >= 15 is 0 Å². The Morgan fingerprint density at radius 3 is 2.50 bits per heavy atom. The number of nitrogens with zero attached hydrogens (tertiary/aromatic N) is 3. The van der Waals surface area contributed by atoms with Gasteiger partial charge in [0.25, 0.3) is 0 Å². The van der Waals surface area contributed by atoms with Crippen molar-refractivity contribution in [3.05, 3.63) is 71.4 Å². The van der Waals surface area contributed by atoms with Crippen LogP contribution in [-0.2, 0) is 25.0 Å². The number of rotatable bonds is 10. The molecule has 1 aliphatic carbocycles. The number of hydrogen-bond acceptors (Lipinski definition) is 6. The van der Waals surface area contributed by atoms with Crippen molar-refractivity contribution >= 4 is 38.8 Å². The molecule has 2 saturated heterocycles. The van der Waals surface area contributed by atoms with E-state index in [4.69, 9.17) is 0 Å². The van der Waals surface area contributed by atoms with Crippen molar-refractivity contribution in [2.75, 3.05) is 59.6 Å². The molecule has 2 fully saturated rings. The van der Waals surface area contributed by atoms with Gasteiger partial charge in [-0.05, 0) is 61.4 Å². The van der Waals surface area contributed by atoms with Gasteiger partial charge in [-0.2, -0.15) is 0 Å². The van der Waals surface area contributed by atoms with E-state index in [9.17, 15) is 22.8 Å². The minimum atomic E-state index is -3.35. The highest BCUT2D eigenvalue weighted by molar-refractivity contribution is 7.88. The van der Waals surface area contributed by atoms with Crippen molar-refractivity contribution in [3.63, 3.8) is 0 Å². The van der Waals surface area contributed by atoms with Gasteiger partial charge in [-0.25, -0.2) is 17.9 Å². The lowest BCUT2D eigenvalue weighted by atomic mass is 9.73. The van der Waals surface area contributed by atoms with Crippen LogP contribution >= 0.6 is 0 Å². The Hall–Kier alpha value is -3.94. The molecule has 4 amide bonds. The molecule has 50 heavy (non-hydrogen) atoms. The van der Waals surface area contributed by atoms with Crippen molar-refractivity contribution in [1.82, 2.24) is 35.0 Å². The number of carbonyl (C=O) groups excluding carboxylic acids is 3. The number of amides is 4. The number of fused-ring (bicyclic) bond motifs is 3. The number of nitrogens with one attached hydrogen (secondary N) is 4. The molecule has 4 N–H and O–H groups in total. The van der Waals surface area contributed by atoms with Crippen LogP contribution in [0.25, 0.3) is 10.9 Å². The van der Waals surface area contributed by atoms with Crippen LogP contribution in [0.3, 0.4) is 0 Å². The molecule has 6 rings (SSSR count).